The summed E-state index contributed by atoms with van der Waals surface area (Å²) in [6, 6.07) is 23.0. The van der Waals surface area contributed by atoms with Crippen molar-refractivity contribution in [3.05, 3.63) is 102 Å². The van der Waals surface area contributed by atoms with E-state index in [4.69, 9.17) is 0 Å². The van der Waals surface area contributed by atoms with Crippen molar-refractivity contribution in [2.24, 2.45) is 0 Å². The molecule has 0 spiro atoms. The molecular formula is C24H21N5O. The van der Waals surface area contributed by atoms with Crippen molar-refractivity contribution in [3.63, 3.8) is 0 Å². The number of aromatic nitrogens is 3. The molecule has 0 aliphatic heterocycles. The first kappa shape index (κ1) is 19.3. The van der Waals surface area contributed by atoms with E-state index < -0.39 is 0 Å². The van der Waals surface area contributed by atoms with Crippen LogP contribution in [0.5, 0.6) is 0 Å². The Labute approximate surface area is 175 Å². The number of pyridine rings is 1. The van der Waals surface area contributed by atoms with Crippen LogP contribution < -0.4 is 10.6 Å². The van der Waals surface area contributed by atoms with Gasteiger partial charge in [-0.15, -0.1) is 0 Å². The summed E-state index contributed by atoms with van der Waals surface area (Å²) in [5.41, 5.74) is 4.16. The Hall–Kier alpha value is -4.06. The van der Waals surface area contributed by atoms with E-state index in [1.165, 1.54) is 0 Å². The highest BCUT2D eigenvalue weighted by Crippen LogP contribution is 2.22. The number of aryl methyl sites for hydroxylation is 1. The number of carbonyl (C=O) groups excluding carboxylic acids is 1. The smallest absolute Gasteiger partial charge is 0.251 e. The largest absolute Gasteiger partial charge is 0.348 e. The van der Waals surface area contributed by atoms with Crippen molar-refractivity contribution in [2.75, 3.05) is 5.32 Å². The van der Waals surface area contributed by atoms with Crippen LogP contribution in [0.15, 0.2) is 85.2 Å². The summed E-state index contributed by atoms with van der Waals surface area (Å²) in [6.07, 6.45) is 3.44. The van der Waals surface area contributed by atoms with E-state index >= 15 is 0 Å². The summed E-state index contributed by atoms with van der Waals surface area (Å²) in [7, 11) is 0. The number of anilines is 2. The summed E-state index contributed by atoms with van der Waals surface area (Å²) in [5, 5.41) is 6.20. The molecule has 6 nitrogen and oxygen atoms in total. The number of rotatable bonds is 6. The van der Waals surface area contributed by atoms with Gasteiger partial charge in [-0.3, -0.25) is 9.78 Å². The predicted molar refractivity (Wildman–Crippen MR) is 117 cm³/mol. The normalized spacial score (nSPS) is 10.4. The molecule has 0 unspecified atom stereocenters. The topological polar surface area (TPSA) is 79.8 Å². The molecule has 0 fully saturated rings. The highest BCUT2D eigenvalue weighted by Gasteiger charge is 2.08. The van der Waals surface area contributed by atoms with Crippen molar-refractivity contribution >= 4 is 17.4 Å². The molecule has 0 atom stereocenters. The molecule has 30 heavy (non-hydrogen) atoms. The molecule has 4 rings (SSSR count). The van der Waals surface area contributed by atoms with Gasteiger partial charge in [-0.2, -0.15) is 0 Å². The summed E-state index contributed by atoms with van der Waals surface area (Å²) < 4.78 is 0. The summed E-state index contributed by atoms with van der Waals surface area (Å²) in [5.74, 6) is 1.20. The van der Waals surface area contributed by atoms with Gasteiger partial charge in [-0.1, -0.05) is 42.5 Å². The minimum Gasteiger partial charge on any atom is -0.348 e. The lowest BCUT2D eigenvalue weighted by Crippen LogP contribution is -2.22. The second-order valence-corrected chi connectivity index (χ2v) is 6.80. The van der Waals surface area contributed by atoms with Gasteiger partial charge in [0.15, 0.2) is 0 Å². The Bertz CT molecular complexity index is 1150. The maximum Gasteiger partial charge on any atom is 0.251 e. The highest BCUT2D eigenvalue weighted by atomic mass is 16.1. The van der Waals surface area contributed by atoms with Gasteiger partial charge in [0.2, 0.25) is 0 Å². The second-order valence-electron chi connectivity index (χ2n) is 6.80. The van der Waals surface area contributed by atoms with E-state index in [1.807, 2.05) is 67.6 Å². The third-order valence-electron chi connectivity index (χ3n) is 4.48. The van der Waals surface area contributed by atoms with Crippen LogP contribution in [0.4, 0.5) is 11.5 Å². The first-order valence-electron chi connectivity index (χ1n) is 9.63. The van der Waals surface area contributed by atoms with Crippen molar-refractivity contribution in [1.29, 1.82) is 0 Å². The summed E-state index contributed by atoms with van der Waals surface area (Å²) >= 11 is 0. The SMILES string of the molecule is Cc1nc(Nc2cccc(C(=O)NCc3cccnc3)c2)cc(-c2ccccc2)n1. The van der Waals surface area contributed by atoms with Gasteiger partial charge in [-0.25, -0.2) is 9.97 Å². The lowest BCUT2D eigenvalue weighted by molar-refractivity contribution is 0.0951. The van der Waals surface area contributed by atoms with Crippen LogP contribution in [-0.4, -0.2) is 20.9 Å². The molecule has 148 valence electrons. The van der Waals surface area contributed by atoms with E-state index in [2.05, 4.69) is 25.6 Å². The lowest BCUT2D eigenvalue weighted by Gasteiger charge is -2.10. The molecule has 0 bridgehead atoms. The van der Waals surface area contributed by atoms with Gasteiger partial charge in [0.1, 0.15) is 11.6 Å². The highest BCUT2D eigenvalue weighted by molar-refractivity contribution is 5.95. The lowest BCUT2D eigenvalue weighted by atomic mass is 10.1. The minimum atomic E-state index is -0.147. The zero-order valence-corrected chi connectivity index (χ0v) is 16.5. The van der Waals surface area contributed by atoms with Crippen molar-refractivity contribution in [3.8, 4) is 11.3 Å². The molecule has 1 amide bonds. The summed E-state index contributed by atoms with van der Waals surface area (Å²) in [6.45, 7) is 2.29. The van der Waals surface area contributed by atoms with Crippen LogP contribution in [0.2, 0.25) is 0 Å². The van der Waals surface area contributed by atoms with E-state index in [0.717, 1.165) is 22.5 Å². The van der Waals surface area contributed by atoms with Gasteiger partial charge < -0.3 is 10.6 Å². The van der Waals surface area contributed by atoms with E-state index in [-0.39, 0.29) is 5.91 Å². The van der Waals surface area contributed by atoms with Crippen LogP contribution in [0.3, 0.4) is 0 Å². The standard InChI is InChI=1S/C24H21N5O/c1-17-27-22(19-8-3-2-4-9-19)14-23(28-17)29-21-11-5-10-20(13-21)24(30)26-16-18-7-6-12-25-15-18/h2-15H,16H2,1H3,(H,26,30)(H,27,28,29). The minimum absolute atomic E-state index is 0.147. The van der Waals surface area contributed by atoms with Gasteiger partial charge in [0.25, 0.3) is 5.91 Å². The van der Waals surface area contributed by atoms with Gasteiger partial charge >= 0.3 is 0 Å². The number of benzene rings is 2. The summed E-state index contributed by atoms with van der Waals surface area (Å²) in [4.78, 5) is 25.6. The molecule has 4 aromatic rings. The number of nitrogens with zero attached hydrogens (tertiary/aromatic N) is 3. The molecule has 0 saturated heterocycles. The van der Waals surface area contributed by atoms with Crippen LogP contribution in [0, 0.1) is 6.92 Å². The Morgan fingerprint density at radius 2 is 1.80 bits per heavy atom. The number of hydrogen-bond donors (Lipinski definition) is 2. The van der Waals surface area contributed by atoms with Crippen molar-refractivity contribution in [1.82, 2.24) is 20.3 Å². The number of hydrogen-bond acceptors (Lipinski definition) is 5. The van der Waals surface area contributed by atoms with Crippen molar-refractivity contribution in [2.45, 2.75) is 13.5 Å². The molecule has 0 saturated carbocycles. The van der Waals surface area contributed by atoms with Crippen molar-refractivity contribution < 1.29 is 4.79 Å². The van der Waals surface area contributed by atoms with Gasteiger partial charge in [0, 0.05) is 41.8 Å². The molecule has 2 N–H and O–H groups in total. The zero-order chi connectivity index (χ0) is 20.8. The number of carbonyl (C=O) groups is 1. The molecule has 0 aliphatic carbocycles. The number of amides is 1. The first-order valence-corrected chi connectivity index (χ1v) is 9.63. The Kier molecular flexibility index (Phi) is 5.75. The molecule has 6 heteroatoms. The third kappa shape index (κ3) is 4.86. The quantitative estimate of drug-likeness (QED) is 0.502. The van der Waals surface area contributed by atoms with Gasteiger partial charge in [0.05, 0.1) is 5.69 Å². The van der Waals surface area contributed by atoms with Gasteiger partial charge in [-0.05, 0) is 36.8 Å². The maximum absolute atomic E-state index is 12.5. The van der Waals surface area contributed by atoms with E-state index in [0.29, 0.717) is 23.8 Å². The molecule has 2 aromatic carbocycles. The van der Waals surface area contributed by atoms with E-state index in [1.54, 1.807) is 24.5 Å². The fourth-order valence-corrected chi connectivity index (χ4v) is 3.06. The Morgan fingerprint density at radius 1 is 0.933 bits per heavy atom. The molecule has 0 radical (unpaired) electrons. The predicted octanol–water partition coefficient (Wildman–Crippen LogP) is 4.52. The molecular weight excluding hydrogens is 374 g/mol. The maximum atomic E-state index is 12.5. The van der Waals surface area contributed by atoms with Crippen LogP contribution in [0.25, 0.3) is 11.3 Å². The number of nitrogens with one attached hydrogen (secondary N) is 2. The average Bonchev–Trinajstić information content (AvgIpc) is 2.78. The Morgan fingerprint density at radius 3 is 2.60 bits per heavy atom. The fourth-order valence-electron chi connectivity index (χ4n) is 3.06. The third-order valence-corrected chi connectivity index (χ3v) is 4.48. The zero-order valence-electron chi connectivity index (χ0n) is 16.5. The fraction of sp³-hybridized carbons (Fsp3) is 0.0833. The molecule has 0 aliphatic rings. The van der Waals surface area contributed by atoms with Crippen LogP contribution in [0.1, 0.15) is 21.7 Å². The molecule has 2 aromatic heterocycles. The average molecular weight is 395 g/mol. The van der Waals surface area contributed by atoms with Crippen LogP contribution in [-0.2, 0) is 6.54 Å². The Balaban J connectivity index is 1.49. The van der Waals surface area contributed by atoms with Crippen LogP contribution >= 0.6 is 0 Å². The van der Waals surface area contributed by atoms with E-state index in [9.17, 15) is 4.79 Å². The first-order chi connectivity index (χ1) is 14.7. The monoisotopic (exact) mass is 395 g/mol. The second kappa shape index (κ2) is 8.96. The molecule has 2 heterocycles.